The van der Waals surface area contributed by atoms with E-state index in [1.807, 2.05) is 0 Å². The maximum Gasteiger partial charge on any atom is 0.0577 e. The van der Waals surface area contributed by atoms with Crippen LogP contribution in [0.1, 0.15) is 118 Å². The summed E-state index contributed by atoms with van der Waals surface area (Å²) < 4.78 is 0. The predicted molar refractivity (Wildman–Crippen MR) is 147 cm³/mol. The quantitative estimate of drug-likeness (QED) is 0.401. The molecular weight excluding hydrogens is 424 g/mol. The Bertz CT molecular complexity index is 848. The van der Waals surface area contributed by atoms with Gasteiger partial charge >= 0.3 is 0 Å². The van der Waals surface area contributed by atoms with E-state index in [4.69, 9.17) is 0 Å². The number of hydrogen-bond donors (Lipinski definition) is 1. The number of allylic oxidation sites excluding steroid dienone is 3. The average Bonchev–Trinajstić information content (AvgIpc) is 3.14. The van der Waals surface area contributed by atoms with Gasteiger partial charge in [0.1, 0.15) is 0 Å². The Kier molecular flexibility index (Phi) is 6.19. The monoisotopic (exact) mass is 478 g/mol. The first-order valence-electron chi connectivity index (χ1n) is 15.7. The molecule has 6 rings (SSSR count). The summed E-state index contributed by atoms with van der Waals surface area (Å²) in [5.41, 5.74) is 3.03. The number of aliphatic hydroxyl groups is 1. The second kappa shape index (κ2) is 8.74. The zero-order valence-electron chi connectivity index (χ0n) is 23.6. The molecule has 2 bridgehead atoms. The van der Waals surface area contributed by atoms with Gasteiger partial charge in [-0.15, -0.1) is 0 Å². The molecule has 196 valence electrons. The minimum absolute atomic E-state index is 0.0859. The van der Waals surface area contributed by atoms with Crippen molar-refractivity contribution in [3.63, 3.8) is 0 Å². The van der Waals surface area contributed by atoms with E-state index in [1.54, 1.807) is 5.57 Å². The molecule has 0 aliphatic heterocycles. The van der Waals surface area contributed by atoms with Gasteiger partial charge in [-0.25, -0.2) is 0 Å². The van der Waals surface area contributed by atoms with E-state index < -0.39 is 0 Å². The van der Waals surface area contributed by atoms with Crippen LogP contribution in [0.15, 0.2) is 23.8 Å². The van der Waals surface area contributed by atoms with Gasteiger partial charge < -0.3 is 5.11 Å². The standard InChI is InChI=1S/C34H54O/c1-22-16-25-17-23(2)20-34(19-22,21-25)15-10-24(3)29-8-9-30-28-7-6-26-18-27(35)11-13-32(26,4)31(28)12-14-33(29,30)5/h6,10,15,22-25,27-31,35H,7-9,11-14,16-21H2,1-5H3/b15-10+/t22?,23?,24-,25?,27+,28+,29-,30+,31+,32+,33-,34?/m1/s1. The van der Waals surface area contributed by atoms with Gasteiger partial charge in [0.15, 0.2) is 0 Å². The minimum Gasteiger partial charge on any atom is -0.393 e. The summed E-state index contributed by atoms with van der Waals surface area (Å²) in [4.78, 5) is 0. The summed E-state index contributed by atoms with van der Waals surface area (Å²) in [5, 5.41) is 10.3. The van der Waals surface area contributed by atoms with Crippen LogP contribution >= 0.6 is 0 Å². The molecule has 5 saturated carbocycles. The van der Waals surface area contributed by atoms with Crippen molar-refractivity contribution in [2.24, 2.45) is 63.6 Å². The Morgan fingerprint density at radius 1 is 0.943 bits per heavy atom. The molecule has 5 fully saturated rings. The fraction of sp³-hybridized carbons (Fsp3) is 0.882. The summed E-state index contributed by atoms with van der Waals surface area (Å²) >= 11 is 0. The normalized spacial score (nSPS) is 54.5. The van der Waals surface area contributed by atoms with Gasteiger partial charge in [-0.2, -0.15) is 0 Å². The fourth-order valence-electron chi connectivity index (χ4n) is 12.0. The molecule has 0 aromatic heterocycles. The van der Waals surface area contributed by atoms with Crippen molar-refractivity contribution in [3.05, 3.63) is 23.8 Å². The topological polar surface area (TPSA) is 20.2 Å². The highest BCUT2D eigenvalue weighted by atomic mass is 16.3. The molecule has 2 unspecified atom stereocenters. The molecule has 0 radical (unpaired) electrons. The van der Waals surface area contributed by atoms with Gasteiger partial charge in [-0.1, -0.05) is 58.4 Å². The molecule has 0 aromatic rings. The van der Waals surface area contributed by atoms with Crippen LogP contribution < -0.4 is 0 Å². The van der Waals surface area contributed by atoms with Crippen molar-refractivity contribution in [2.75, 3.05) is 0 Å². The van der Waals surface area contributed by atoms with Crippen LogP contribution in [0.25, 0.3) is 0 Å². The van der Waals surface area contributed by atoms with Crippen LogP contribution in [0.5, 0.6) is 0 Å². The van der Waals surface area contributed by atoms with E-state index in [1.165, 1.54) is 70.6 Å². The van der Waals surface area contributed by atoms with Crippen LogP contribution in [-0.2, 0) is 0 Å². The summed E-state index contributed by atoms with van der Waals surface area (Å²) in [6, 6.07) is 0. The van der Waals surface area contributed by atoms with Gasteiger partial charge in [-0.3, -0.25) is 0 Å². The van der Waals surface area contributed by atoms with Gasteiger partial charge in [0.25, 0.3) is 0 Å². The number of rotatable bonds is 3. The smallest absolute Gasteiger partial charge is 0.0577 e. The maximum absolute atomic E-state index is 10.3. The Morgan fingerprint density at radius 3 is 2.43 bits per heavy atom. The molecule has 0 spiro atoms. The molecule has 35 heavy (non-hydrogen) atoms. The lowest BCUT2D eigenvalue weighted by atomic mass is 9.47. The Hall–Kier alpha value is -0.560. The Balaban J connectivity index is 1.20. The van der Waals surface area contributed by atoms with Gasteiger partial charge in [0, 0.05) is 0 Å². The maximum atomic E-state index is 10.3. The first-order valence-corrected chi connectivity index (χ1v) is 15.7. The molecule has 10 atom stereocenters. The molecular formula is C34H54O. The van der Waals surface area contributed by atoms with Gasteiger partial charge in [0.2, 0.25) is 0 Å². The molecule has 0 heterocycles. The second-order valence-corrected chi connectivity index (χ2v) is 15.6. The van der Waals surface area contributed by atoms with Crippen molar-refractivity contribution in [2.45, 2.75) is 124 Å². The van der Waals surface area contributed by atoms with E-state index in [-0.39, 0.29) is 6.10 Å². The van der Waals surface area contributed by atoms with E-state index in [9.17, 15) is 5.11 Å². The van der Waals surface area contributed by atoms with Gasteiger partial charge in [0.05, 0.1) is 6.10 Å². The van der Waals surface area contributed by atoms with Crippen LogP contribution in [-0.4, -0.2) is 11.2 Å². The zero-order chi connectivity index (χ0) is 24.6. The number of fused-ring (bicyclic) bond motifs is 7. The molecule has 6 aliphatic rings. The molecule has 0 saturated heterocycles. The Morgan fingerprint density at radius 2 is 1.69 bits per heavy atom. The lowest BCUT2D eigenvalue weighted by Crippen LogP contribution is -2.50. The summed E-state index contributed by atoms with van der Waals surface area (Å²) in [5.74, 6) is 7.06. The van der Waals surface area contributed by atoms with Crippen LogP contribution in [0, 0.1) is 63.6 Å². The van der Waals surface area contributed by atoms with Crippen LogP contribution in [0.3, 0.4) is 0 Å². The summed E-state index contributed by atoms with van der Waals surface area (Å²) in [6.07, 6.45) is 25.6. The van der Waals surface area contributed by atoms with Crippen molar-refractivity contribution in [1.82, 2.24) is 0 Å². The highest BCUT2D eigenvalue weighted by Gasteiger charge is 2.59. The van der Waals surface area contributed by atoms with Crippen LogP contribution in [0.2, 0.25) is 0 Å². The van der Waals surface area contributed by atoms with E-state index >= 15 is 0 Å². The zero-order valence-corrected chi connectivity index (χ0v) is 23.6. The van der Waals surface area contributed by atoms with Crippen molar-refractivity contribution < 1.29 is 5.11 Å². The highest BCUT2D eigenvalue weighted by Crippen LogP contribution is 2.67. The summed E-state index contributed by atoms with van der Waals surface area (Å²) in [6.45, 7) is 12.9. The molecule has 0 amide bonds. The third-order valence-electron chi connectivity index (χ3n) is 13.2. The molecule has 1 N–H and O–H groups in total. The van der Waals surface area contributed by atoms with Crippen molar-refractivity contribution >= 4 is 0 Å². The first kappa shape index (κ1) is 24.8. The first-order chi connectivity index (χ1) is 16.6. The lowest BCUT2D eigenvalue weighted by molar-refractivity contribution is -0.0541. The predicted octanol–water partition coefficient (Wildman–Crippen LogP) is 8.97. The molecule has 1 heteroatoms. The third kappa shape index (κ3) is 4.04. The fourth-order valence-corrected chi connectivity index (χ4v) is 12.0. The molecule has 0 aromatic carbocycles. The van der Waals surface area contributed by atoms with E-state index in [2.05, 4.69) is 52.8 Å². The number of aliphatic hydroxyl groups excluding tert-OH is 1. The SMILES string of the molecule is CC1CC2CC(C)CC(/C=C/[C@@H](C)[C@H]3CC[C@H]4[C@@H]5CC=C6C[C@@H](O)CC[C@]6(C)[C@H]5CC[C@]34C)(C1)C2. The summed E-state index contributed by atoms with van der Waals surface area (Å²) in [7, 11) is 0. The lowest BCUT2D eigenvalue weighted by Gasteiger charge is -2.58. The highest BCUT2D eigenvalue weighted by molar-refractivity contribution is 5.25. The van der Waals surface area contributed by atoms with Crippen LogP contribution in [0.4, 0.5) is 0 Å². The van der Waals surface area contributed by atoms with Crippen molar-refractivity contribution in [1.29, 1.82) is 0 Å². The van der Waals surface area contributed by atoms with E-state index in [0.717, 1.165) is 60.2 Å². The molecule has 6 aliphatic carbocycles. The third-order valence-corrected chi connectivity index (χ3v) is 13.2. The number of hydrogen-bond acceptors (Lipinski definition) is 1. The largest absolute Gasteiger partial charge is 0.393 e. The van der Waals surface area contributed by atoms with E-state index in [0.29, 0.717) is 16.2 Å². The second-order valence-electron chi connectivity index (χ2n) is 15.6. The van der Waals surface area contributed by atoms with Crippen molar-refractivity contribution in [3.8, 4) is 0 Å². The Labute approximate surface area is 216 Å². The minimum atomic E-state index is -0.0859. The van der Waals surface area contributed by atoms with Gasteiger partial charge in [-0.05, 0) is 147 Å². The average molecular weight is 479 g/mol. The molecule has 1 nitrogen and oxygen atoms in total.